The molecule has 5 heteroatoms. The lowest BCUT2D eigenvalue weighted by Crippen LogP contribution is -1.94. The summed E-state index contributed by atoms with van der Waals surface area (Å²) >= 11 is 5.64. The molecule has 0 spiro atoms. The van der Waals surface area contributed by atoms with E-state index in [2.05, 4.69) is 9.97 Å². The molecule has 0 aliphatic heterocycles. The van der Waals surface area contributed by atoms with Crippen LogP contribution in [0, 0.1) is 17.1 Å². The molecule has 1 aromatic carbocycles. The summed E-state index contributed by atoms with van der Waals surface area (Å²) < 4.78 is 13.6. The van der Waals surface area contributed by atoms with E-state index in [9.17, 15) is 4.39 Å². The Bertz CT molecular complexity index is 578. The second-order valence-electron chi connectivity index (χ2n) is 2.99. The smallest absolute Gasteiger partial charge is 0.166 e. The number of nitriles is 1. The van der Waals surface area contributed by atoms with Crippen LogP contribution in [0.5, 0.6) is 0 Å². The number of hydrogen-bond donors (Lipinski definition) is 0. The van der Waals surface area contributed by atoms with Gasteiger partial charge in [0.05, 0.1) is 0 Å². The Morgan fingerprint density at radius 2 is 2.00 bits per heavy atom. The number of nitrogens with zero attached hydrogens (tertiary/aromatic N) is 3. The van der Waals surface area contributed by atoms with Crippen molar-refractivity contribution in [3.05, 3.63) is 47.1 Å². The van der Waals surface area contributed by atoms with Gasteiger partial charge in [-0.3, -0.25) is 4.98 Å². The number of halogens is 2. The molecule has 0 saturated heterocycles. The zero-order valence-corrected chi connectivity index (χ0v) is 8.74. The molecule has 3 nitrogen and oxygen atoms in total. The molecule has 0 N–H and O–H groups in total. The van der Waals surface area contributed by atoms with Gasteiger partial charge >= 0.3 is 0 Å². The fourth-order valence-electron chi connectivity index (χ4n) is 1.30. The predicted octanol–water partition coefficient (Wildman–Crippen LogP) is 2.81. The van der Waals surface area contributed by atoms with Gasteiger partial charge < -0.3 is 0 Å². The first-order valence-electron chi connectivity index (χ1n) is 4.39. The minimum atomic E-state index is -0.524. The third-order valence-electron chi connectivity index (χ3n) is 1.99. The Morgan fingerprint density at radius 1 is 1.25 bits per heavy atom. The van der Waals surface area contributed by atoms with E-state index in [1.165, 1.54) is 30.6 Å². The van der Waals surface area contributed by atoms with Crippen molar-refractivity contribution in [1.82, 2.24) is 9.97 Å². The van der Waals surface area contributed by atoms with Crippen molar-refractivity contribution >= 4 is 11.6 Å². The Morgan fingerprint density at radius 3 is 2.69 bits per heavy atom. The van der Waals surface area contributed by atoms with Crippen LogP contribution in [0.15, 0.2) is 30.6 Å². The van der Waals surface area contributed by atoms with Crippen molar-refractivity contribution in [1.29, 1.82) is 5.26 Å². The molecule has 0 aliphatic carbocycles. The third kappa shape index (κ3) is 1.86. The van der Waals surface area contributed by atoms with Gasteiger partial charge in [-0.1, -0.05) is 11.6 Å². The van der Waals surface area contributed by atoms with Crippen LogP contribution >= 0.6 is 11.6 Å². The van der Waals surface area contributed by atoms with Crippen LogP contribution in [0.4, 0.5) is 4.39 Å². The summed E-state index contributed by atoms with van der Waals surface area (Å²) in [5.41, 5.74) is 0.525. The van der Waals surface area contributed by atoms with Crippen molar-refractivity contribution in [3.8, 4) is 17.3 Å². The highest BCUT2D eigenvalue weighted by molar-refractivity contribution is 6.30. The van der Waals surface area contributed by atoms with E-state index in [-0.39, 0.29) is 17.0 Å². The summed E-state index contributed by atoms with van der Waals surface area (Å²) in [5, 5.41) is 9.12. The predicted molar refractivity (Wildman–Crippen MR) is 57.2 cm³/mol. The minimum absolute atomic E-state index is 0.0868. The summed E-state index contributed by atoms with van der Waals surface area (Å²) in [4.78, 5) is 7.76. The summed E-state index contributed by atoms with van der Waals surface area (Å²) in [5.74, 6) is -0.524. The van der Waals surface area contributed by atoms with Crippen LogP contribution in [0.25, 0.3) is 11.3 Å². The summed E-state index contributed by atoms with van der Waals surface area (Å²) in [6.07, 6.45) is 2.79. The Labute approximate surface area is 96.2 Å². The van der Waals surface area contributed by atoms with Gasteiger partial charge in [-0.15, -0.1) is 0 Å². The highest BCUT2D eigenvalue weighted by Crippen LogP contribution is 2.24. The van der Waals surface area contributed by atoms with Crippen molar-refractivity contribution in [2.75, 3.05) is 0 Å². The van der Waals surface area contributed by atoms with Gasteiger partial charge in [-0.2, -0.15) is 5.26 Å². The Balaban J connectivity index is 2.64. The van der Waals surface area contributed by atoms with Gasteiger partial charge in [0.1, 0.15) is 17.6 Å². The molecule has 0 atom stereocenters. The highest BCUT2D eigenvalue weighted by atomic mass is 35.5. The zero-order valence-electron chi connectivity index (χ0n) is 7.98. The van der Waals surface area contributed by atoms with Gasteiger partial charge in [-0.25, -0.2) is 9.37 Å². The van der Waals surface area contributed by atoms with E-state index < -0.39 is 5.82 Å². The number of benzene rings is 1. The molecule has 78 valence electrons. The fraction of sp³-hybridized carbons (Fsp3) is 0. The van der Waals surface area contributed by atoms with Crippen LogP contribution < -0.4 is 0 Å². The van der Waals surface area contributed by atoms with E-state index in [4.69, 9.17) is 16.9 Å². The topological polar surface area (TPSA) is 49.6 Å². The van der Waals surface area contributed by atoms with Crippen molar-refractivity contribution < 1.29 is 4.39 Å². The largest absolute Gasteiger partial charge is 0.251 e. The monoisotopic (exact) mass is 233 g/mol. The minimum Gasteiger partial charge on any atom is -0.251 e. The zero-order chi connectivity index (χ0) is 11.5. The van der Waals surface area contributed by atoms with Crippen LogP contribution in [-0.2, 0) is 0 Å². The standard InChI is InChI=1S/C11H5ClFN3/c12-7-1-2-8(9(13)5-7)11-10(6-14)15-3-4-16-11/h1-5H. The van der Waals surface area contributed by atoms with Gasteiger partial charge in [0.25, 0.3) is 0 Å². The molecule has 2 rings (SSSR count). The lowest BCUT2D eigenvalue weighted by molar-refractivity contribution is 0.630. The molecule has 1 heterocycles. The van der Waals surface area contributed by atoms with Crippen LogP contribution in [0.2, 0.25) is 5.02 Å². The quantitative estimate of drug-likeness (QED) is 0.761. The summed E-state index contributed by atoms with van der Waals surface area (Å²) in [6, 6.07) is 6.05. The first kappa shape index (κ1) is 10.5. The van der Waals surface area contributed by atoms with E-state index >= 15 is 0 Å². The van der Waals surface area contributed by atoms with Gasteiger partial charge in [-0.05, 0) is 18.2 Å². The molecule has 0 aliphatic rings. The molecule has 2 aromatic rings. The lowest BCUT2D eigenvalue weighted by atomic mass is 10.1. The van der Waals surface area contributed by atoms with E-state index in [0.29, 0.717) is 5.02 Å². The molecular weight excluding hydrogens is 229 g/mol. The normalized spacial score (nSPS) is 9.81. The maximum Gasteiger partial charge on any atom is 0.166 e. The van der Waals surface area contributed by atoms with E-state index in [1.807, 2.05) is 6.07 Å². The Kier molecular flexibility index (Phi) is 2.80. The third-order valence-corrected chi connectivity index (χ3v) is 2.23. The second kappa shape index (κ2) is 4.25. The first-order chi connectivity index (χ1) is 7.72. The molecule has 1 aromatic heterocycles. The van der Waals surface area contributed by atoms with Gasteiger partial charge in [0.15, 0.2) is 5.69 Å². The molecule has 0 bridgehead atoms. The average molecular weight is 234 g/mol. The Hall–Kier alpha value is -1.99. The van der Waals surface area contributed by atoms with Crippen LogP contribution in [-0.4, -0.2) is 9.97 Å². The molecule has 0 unspecified atom stereocenters. The molecule has 0 amide bonds. The number of hydrogen-bond acceptors (Lipinski definition) is 3. The molecular formula is C11H5ClFN3. The first-order valence-corrected chi connectivity index (χ1v) is 4.76. The van der Waals surface area contributed by atoms with Crippen molar-refractivity contribution in [3.63, 3.8) is 0 Å². The average Bonchev–Trinajstić information content (AvgIpc) is 2.29. The van der Waals surface area contributed by atoms with Gasteiger partial charge in [0.2, 0.25) is 0 Å². The summed E-state index contributed by atoms with van der Waals surface area (Å²) in [6.45, 7) is 0. The maximum atomic E-state index is 13.6. The van der Waals surface area contributed by atoms with E-state index in [0.717, 1.165) is 0 Å². The van der Waals surface area contributed by atoms with Gasteiger partial charge in [0, 0.05) is 23.0 Å². The molecule has 0 fully saturated rings. The second-order valence-corrected chi connectivity index (χ2v) is 3.43. The molecule has 16 heavy (non-hydrogen) atoms. The maximum absolute atomic E-state index is 13.6. The van der Waals surface area contributed by atoms with Crippen LogP contribution in [0.1, 0.15) is 5.69 Å². The number of aromatic nitrogens is 2. The fourth-order valence-corrected chi connectivity index (χ4v) is 1.46. The molecule has 0 radical (unpaired) electrons. The summed E-state index contributed by atoms with van der Waals surface area (Å²) in [7, 11) is 0. The van der Waals surface area contributed by atoms with Crippen molar-refractivity contribution in [2.45, 2.75) is 0 Å². The van der Waals surface area contributed by atoms with Crippen LogP contribution in [0.3, 0.4) is 0 Å². The molecule has 0 saturated carbocycles. The highest BCUT2D eigenvalue weighted by Gasteiger charge is 2.11. The number of rotatable bonds is 1. The van der Waals surface area contributed by atoms with Crippen molar-refractivity contribution in [2.24, 2.45) is 0 Å². The van der Waals surface area contributed by atoms with E-state index in [1.54, 1.807) is 0 Å². The lowest BCUT2D eigenvalue weighted by Gasteiger charge is -2.03. The SMILES string of the molecule is N#Cc1nccnc1-c1ccc(Cl)cc1F.